The van der Waals surface area contributed by atoms with E-state index in [1.165, 1.54) is 135 Å². The van der Waals surface area contributed by atoms with Gasteiger partial charge in [0.15, 0.2) is 6.10 Å². The zero-order chi connectivity index (χ0) is 57.8. The molecule has 0 aliphatic heterocycles. The molecule has 0 aliphatic carbocycles. The molecule has 0 aromatic rings. The van der Waals surface area contributed by atoms with E-state index >= 15 is 0 Å². The molecule has 0 radical (unpaired) electrons. The van der Waals surface area contributed by atoms with Crippen molar-refractivity contribution in [3.05, 3.63) is 122 Å². The van der Waals surface area contributed by atoms with Crippen LogP contribution < -0.4 is 0 Å². The molecule has 0 fully saturated rings. The van der Waals surface area contributed by atoms with Crippen LogP contribution in [0.3, 0.4) is 0 Å². The van der Waals surface area contributed by atoms with Crippen LogP contribution in [0.1, 0.15) is 310 Å². The third-order valence-corrected chi connectivity index (χ3v) is 14.2. The van der Waals surface area contributed by atoms with Gasteiger partial charge in [-0.25, -0.2) is 0 Å². The van der Waals surface area contributed by atoms with Gasteiger partial charge in [0.05, 0.1) is 0 Å². The molecule has 0 spiro atoms. The van der Waals surface area contributed by atoms with Gasteiger partial charge < -0.3 is 14.2 Å². The first-order valence-corrected chi connectivity index (χ1v) is 33.5. The third kappa shape index (κ3) is 64.6. The Morgan fingerprint density at radius 2 is 0.487 bits per heavy atom. The Kier molecular flexibility index (Phi) is 63.8. The van der Waals surface area contributed by atoms with E-state index < -0.39 is 6.10 Å². The molecule has 0 saturated carbocycles. The van der Waals surface area contributed by atoms with Gasteiger partial charge >= 0.3 is 17.9 Å². The van der Waals surface area contributed by atoms with Gasteiger partial charge in [-0.05, 0) is 96.3 Å². The van der Waals surface area contributed by atoms with E-state index in [0.29, 0.717) is 19.3 Å². The molecule has 80 heavy (non-hydrogen) atoms. The Hall–Kier alpha value is -4.19. The highest BCUT2D eigenvalue weighted by Gasteiger charge is 2.19. The molecule has 0 saturated heterocycles. The summed E-state index contributed by atoms with van der Waals surface area (Å²) in [5.41, 5.74) is 0. The predicted molar refractivity (Wildman–Crippen MR) is 348 cm³/mol. The van der Waals surface area contributed by atoms with E-state index in [0.717, 1.165) is 135 Å². The number of unbranched alkanes of at least 4 members (excludes halogenated alkanes) is 29. The number of hydrogen-bond donors (Lipinski definition) is 0. The van der Waals surface area contributed by atoms with Crippen molar-refractivity contribution >= 4 is 17.9 Å². The zero-order valence-electron chi connectivity index (χ0n) is 52.3. The van der Waals surface area contributed by atoms with Gasteiger partial charge in [-0.3, -0.25) is 14.4 Å². The summed E-state index contributed by atoms with van der Waals surface area (Å²) in [6, 6.07) is 0. The van der Waals surface area contributed by atoms with Crippen molar-refractivity contribution in [3.63, 3.8) is 0 Å². The van der Waals surface area contributed by atoms with Crippen molar-refractivity contribution < 1.29 is 28.6 Å². The second kappa shape index (κ2) is 67.3. The number of carbonyl (C=O) groups excluding carboxylic acids is 3. The number of carbonyl (C=O) groups is 3. The minimum Gasteiger partial charge on any atom is -0.462 e. The van der Waals surface area contributed by atoms with Crippen LogP contribution in [0.4, 0.5) is 0 Å². The topological polar surface area (TPSA) is 78.9 Å². The quantitative estimate of drug-likeness (QED) is 0.0261. The Balaban J connectivity index is 4.13. The monoisotopic (exact) mass is 1110 g/mol. The Labute approximate surface area is 494 Å². The van der Waals surface area contributed by atoms with Crippen LogP contribution in [-0.4, -0.2) is 37.2 Å². The van der Waals surface area contributed by atoms with Gasteiger partial charge in [-0.1, -0.05) is 316 Å². The van der Waals surface area contributed by atoms with Crippen molar-refractivity contribution in [2.75, 3.05) is 13.2 Å². The van der Waals surface area contributed by atoms with Crippen LogP contribution in [-0.2, 0) is 28.6 Å². The smallest absolute Gasteiger partial charge is 0.306 e. The lowest BCUT2D eigenvalue weighted by Gasteiger charge is -2.18. The standard InChI is InChI=1S/C74H124O6/c1-4-7-10-13-15-17-19-21-23-25-27-29-31-33-34-35-36-37-38-39-40-41-43-44-46-48-50-52-54-56-58-61-64-67-73(76)79-70-71(69-78-72(75)66-63-60-12-9-6-3)80-74(77)68-65-62-59-57-55-53-51-49-47-45-42-32-30-28-26-24-22-20-18-16-14-11-8-5-2/h7,10,15,17,21,23,27,29,33-34,36-37,39-40,43-44,48,50,54,56,71H,4-6,8-9,11-14,16,18-20,22,24-26,28,30-32,35,38,41-42,45-47,49,51-53,55,57-70H2,1-3H3/b10-7-,17-15-,23-21-,29-27-,34-33-,37-36-,40-39-,44-43-,50-48-,56-54-. The molecule has 0 aromatic carbocycles. The summed E-state index contributed by atoms with van der Waals surface area (Å²) in [4.78, 5) is 37.9. The van der Waals surface area contributed by atoms with E-state index in [2.05, 4.69) is 142 Å². The van der Waals surface area contributed by atoms with Crippen molar-refractivity contribution in [3.8, 4) is 0 Å². The fourth-order valence-corrected chi connectivity index (χ4v) is 9.24. The summed E-state index contributed by atoms with van der Waals surface area (Å²) in [5.74, 6) is -0.944. The van der Waals surface area contributed by atoms with Crippen molar-refractivity contribution in [1.29, 1.82) is 0 Å². The van der Waals surface area contributed by atoms with Crippen LogP contribution in [0, 0.1) is 0 Å². The first kappa shape index (κ1) is 75.8. The maximum atomic E-state index is 12.8. The van der Waals surface area contributed by atoms with Crippen molar-refractivity contribution in [2.24, 2.45) is 0 Å². The highest BCUT2D eigenvalue weighted by Crippen LogP contribution is 2.17. The highest BCUT2D eigenvalue weighted by molar-refractivity contribution is 5.71. The minimum absolute atomic E-state index is 0.0918. The number of hydrogen-bond acceptors (Lipinski definition) is 6. The lowest BCUT2D eigenvalue weighted by Crippen LogP contribution is -2.30. The average Bonchev–Trinajstić information content (AvgIpc) is 3.46. The maximum absolute atomic E-state index is 12.8. The molecule has 0 rings (SSSR count). The third-order valence-electron chi connectivity index (χ3n) is 14.2. The van der Waals surface area contributed by atoms with Crippen molar-refractivity contribution in [1.82, 2.24) is 0 Å². The summed E-state index contributed by atoms with van der Waals surface area (Å²) in [5, 5.41) is 0. The second-order valence-electron chi connectivity index (χ2n) is 22.0. The first-order valence-electron chi connectivity index (χ1n) is 33.5. The van der Waals surface area contributed by atoms with E-state index in [-0.39, 0.29) is 31.1 Å². The fraction of sp³-hybridized carbons (Fsp3) is 0.689. The first-order chi connectivity index (χ1) is 39.5. The summed E-state index contributed by atoms with van der Waals surface area (Å²) >= 11 is 0. The summed E-state index contributed by atoms with van der Waals surface area (Å²) in [6.07, 6.45) is 94.2. The Morgan fingerprint density at radius 1 is 0.263 bits per heavy atom. The number of esters is 3. The molecular formula is C74H124O6. The van der Waals surface area contributed by atoms with Gasteiger partial charge in [0.1, 0.15) is 13.2 Å². The molecule has 0 heterocycles. The summed E-state index contributed by atoms with van der Waals surface area (Å²) in [7, 11) is 0. The largest absolute Gasteiger partial charge is 0.462 e. The van der Waals surface area contributed by atoms with Gasteiger partial charge in [-0.15, -0.1) is 0 Å². The summed E-state index contributed by atoms with van der Waals surface area (Å²) < 4.78 is 16.7. The van der Waals surface area contributed by atoms with Crippen LogP contribution in [0.15, 0.2) is 122 Å². The lowest BCUT2D eigenvalue weighted by molar-refractivity contribution is -0.167. The number of ether oxygens (including phenoxy) is 3. The SMILES string of the molecule is CC/C=C\C/C=C\C/C=C\C/C=C\C/C=C\C/C=C\C/C=C\C/C=C\C/C=C\C/C=C\CCCCC(=O)OCC(COC(=O)CCCCCCC)OC(=O)CCCCCCCCCCCCCCCCCCCCCCCCCC. The molecule has 0 bridgehead atoms. The molecule has 0 aliphatic rings. The van der Waals surface area contributed by atoms with Crippen molar-refractivity contribution in [2.45, 2.75) is 316 Å². The number of rotatable bonds is 60. The van der Waals surface area contributed by atoms with Crippen LogP contribution in [0.5, 0.6) is 0 Å². The molecule has 0 aromatic heterocycles. The molecule has 0 N–H and O–H groups in total. The normalized spacial score (nSPS) is 12.9. The molecule has 1 atom stereocenters. The van der Waals surface area contributed by atoms with Gasteiger partial charge in [0.25, 0.3) is 0 Å². The van der Waals surface area contributed by atoms with E-state index in [9.17, 15) is 14.4 Å². The summed E-state index contributed by atoms with van der Waals surface area (Å²) in [6.45, 7) is 6.43. The Morgan fingerprint density at radius 3 is 0.762 bits per heavy atom. The van der Waals surface area contributed by atoms with E-state index in [1.807, 2.05) is 0 Å². The van der Waals surface area contributed by atoms with E-state index in [4.69, 9.17) is 14.2 Å². The second-order valence-corrected chi connectivity index (χ2v) is 22.0. The van der Waals surface area contributed by atoms with E-state index in [1.54, 1.807) is 0 Å². The molecule has 6 heteroatoms. The van der Waals surface area contributed by atoms with Gasteiger partial charge in [0, 0.05) is 19.3 Å². The number of allylic oxidation sites excluding steroid dienone is 20. The molecule has 0 amide bonds. The molecule has 1 unspecified atom stereocenters. The lowest BCUT2D eigenvalue weighted by atomic mass is 10.0. The Bertz CT molecular complexity index is 1650. The molecule has 456 valence electrons. The molecular weight excluding hydrogens is 985 g/mol. The van der Waals surface area contributed by atoms with Crippen LogP contribution in [0.2, 0.25) is 0 Å². The van der Waals surface area contributed by atoms with Gasteiger partial charge in [0.2, 0.25) is 0 Å². The van der Waals surface area contributed by atoms with Crippen LogP contribution >= 0.6 is 0 Å². The fourth-order valence-electron chi connectivity index (χ4n) is 9.24. The average molecular weight is 1110 g/mol. The maximum Gasteiger partial charge on any atom is 0.306 e. The highest BCUT2D eigenvalue weighted by atomic mass is 16.6. The van der Waals surface area contributed by atoms with Gasteiger partial charge in [-0.2, -0.15) is 0 Å². The van der Waals surface area contributed by atoms with Crippen LogP contribution in [0.25, 0.3) is 0 Å². The minimum atomic E-state index is -0.794. The predicted octanol–water partition coefficient (Wildman–Crippen LogP) is 23.2. The zero-order valence-corrected chi connectivity index (χ0v) is 52.3. The molecule has 6 nitrogen and oxygen atoms in total.